The van der Waals surface area contributed by atoms with E-state index < -0.39 is 11.9 Å². The summed E-state index contributed by atoms with van der Waals surface area (Å²) in [4.78, 5) is 17.1. The summed E-state index contributed by atoms with van der Waals surface area (Å²) in [6.07, 6.45) is 0.659. The molecule has 1 N–H and O–H groups in total. The predicted molar refractivity (Wildman–Crippen MR) is 99.9 cm³/mol. The number of dihydropyridines is 1. The van der Waals surface area contributed by atoms with Gasteiger partial charge in [-0.25, -0.2) is 4.79 Å². The number of nitrogens with one attached hydrogen (secondary N) is 1. The number of nitrogens with zero attached hydrogens (tertiary/aromatic N) is 2. The summed E-state index contributed by atoms with van der Waals surface area (Å²) in [6.45, 7) is 5.74. The number of hydrogen-bond acceptors (Lipinski definition) is 7. The number of carbonyl (C=O) groups is 1. The second-order valence-corrected chi connectivity index (χ2v) is 6.27. The molecule has 0 fully saturated rings. The Bertz CT molecular complexity index is 927. The molecule has 3 rings (SSSR count). The highest BCUT2D eigenvalue weighted by Crippen LogP contribution is 2.43. The smallest absolute Gasteiger partial charge is 0.336 e. The number of esters is 1. The van der Waals surface area contributed by atoms with Crippen LogP contribution in [-0.2, 0) is 16.0 Å². The lowest BCUT2D eigenvalue weighted by Gasteiger charge is -2.29. The lowest BCUT2D eigenvalue weighted by molar-refractivity contribution is -0.136. The summed E-state index contributed by atoms with van der Waals surface area (Å²) in [5.74, 6) is 0.871. The fourth-order valence-corrected chi connectivity index (χ4v) is 3.32. The molecule has 1 atom stereocenters. The Morgan fingerprint density at radius 2 is 2.04 bits per heavy atom. The minimum Gasteiger partial charge on any atom is -0.497 e. The monoisotopic (exact) mass is 369 g/mol. The number of hydrogen-bond donors (Lipinski definition) is 1. The molecule has 1 aromatic carbocycles. The Morgan fingerprint density at radius 3 is 2.67 bits per heavy atom. The highest BCUT2D eigenvalue weighted by Gasteiger charge is 2.37. The number of methoxy groups -OCH3 is 2. The first-order chi connectivity index (χ1) is 13.0. The Labute approximate surface area is 158 Å². The first-order valence-electron chi connectivity index (χ1n) is 8.73. The van der Waals surface area contributed by atoms with Crippen molar-refractivity contribution < 1.29 is 18.8 Å². The van der Waals surface area contributed by atoms with E-state index >= 15 is 0 Å². The van der Waals surface area contributed by atoms with Gasteiger partial charge in [-0.1, -0.05) is 24.2 Å². The van der Waals surface area contributed by atoms with E-state index in [4.69, 9.17) is 14.0 Å². The van der Waals surface area contributed by atoms with Crippen LogP contribution in [0, 0.1) is 0 Å². The van der Waals surface area contributed by atoms with Crippen LogP contribution >= 0.6 is 0 Å². The molecule has 27 heavy (non-hydrogen) atoms. The molecule has 2 heterocycles. The van der Waals surface area contributed by atoms with Gasteiger partial charge >= 0.3 is 5.97 Å². The van der Waals surface area contributed by atoms with Gasteiger partial charge in [0, 0.05) is 23.4 Å². The third kappa shape index (κ3) is 3.45. The van der Waals surface area contributed by atoms with Crippen LogP contribution in [0.3, 0.4) is 0 Å². The maximum Gasteiger partial charge on any atom is 0.336 e. The van der Waals surface area contributed by atoms with Crippen molar-refractivity contribution in [2.75, 3.05) is 14.2 Å². The maximum atomic E-state index is 12.6. The second-order valence-electron chi connectivity index (χ2n) is 6.27. The van der Waals surface area contributed by atoms with Crippen molar-refractivity contribution in [3.05, 3.63) is 58.5 Å². The minimum atomic E-state index is -0.418. The molecule has 0 saturated carbocycles. The van der Waals surface area contributed by atoms with E-state index in [9.17, 15) is 4.79 Å². The van der Waals surface area contributed by atoms with Crippen LogP contribution in [0.4, 0.5) is 0 Å². The van der Waals surface area contributed by atoms with Gasteiger partial charge in [0.25, 0.3) is 5.89 Å². The molecule has 1 aromatic heterocycles. The molecule has 0 saturated heterocycles. The zero-order valence-electron chi connectivity index (χ0n) is 16.1. The molecule has 142 valence electrons. The van der Waals surface area contributed by atoms with Gasteiger partial charge < -0.3 is 19.3 Å². The minimum absolute atomic E-state index is 0.388. The number of ether oxygens (including phenoxy) is 2. The second kappa shape index (κ2) is 7.65. The first kappa shape index (κ1) is 18.7. The van der Waals surface area contributed by atoms with Crippen LogP contribution in [0.5, 0.6) is 5.75 Å². The standard InChI is InChI=1S/C20H23N3O4/c1-6-15-22-19(27-23-15)16-11(2)21-12(3)17(20(24)26-5)18(16)13-8-7-9-14(10-13)25-4/h7-10,18,21H,6H2,1-5H3. The van der Waals surface area contributed by atoms with Gasteiger partial charge in [0.15, 0.2) is 5.82 Å². The largest absolute Gasteiger partial charge is 0.497 e. The topological polar surface area (TPSA) is 86.5 Å². The number of aryl methyl sites for hydroxylation is 1. The number of allylic oxidation sites excluding steroid dienone is 3. The maximum absolute atomic E-state index is 12.6. The molecule has 1 aliphatic rings. The summed E-state index contributed by atoms with van der Waals surface area (Å²) in [5.41, 5.74) is 3.70. The quantitative estimate of drug-likeness (QED) is 0.810. The van der Waals surface area contributed by atoms with E-state index in [1.165, 1.54) is 7.11 Å². The Balaban J connectivity index is 2.22. The molecule has 1 aliphatic heterocycles. The normalized spacial score (nSPS) is 17.0. The Hall–Kier alpha value is -3.09. The number of rotatable bonds is 5. The van der Waals surface area contributed by atoms with Gasteiger partial charge in [0.05, 0.1) is 25.7 Å². The van der Waals surface area contributed by atoms with Crippen LogP contribution in [0.1, 0.15) is 44.0 Å². The van der Waals surface area contributed by atoms with Crippen LogP contribution in [-0.4, -0.2) is 30.3 Å². The summed E-state index contributed by atoms with van der Waals surface area (Å²) >= 11 is 0. The van der Waals surface area contributed by atoms with Gasteiger partial charge in [-0.3, -0.25) is 0 Å². The van der Waals surface area contributed by atoms with Crippen LogP contribution in [0.25, 0.3) is 5.57 Å². The average Bonchev–Trinajstić information content (AvgIpc) is 3.15. The first-order valence-corrected chi connectivity index (χ1v) is 8.73. The summed E-state index contributed by atoms with van der Waals surface area (Å²) in [6, 6.07) is 7.59. The molecule has 1 unspecified atom stereocenters. The molecule has 0 bridgehead atoms. The van der Waals surface area contributed by atoms with E-state index in [0.29, 0.717) is 29.5 Å². The molecule has 0 radical (unpaired) electrons. The van der Waals surface area contributed by atoms with Crippen molar-refractivity contribution in [1.29, 1.82) is 0 Å². The fourth-order valence-electron chi connectivity index (χ4n) is 3.32. The van der Waals surface area contributed by atoms with Gasteiger partial charge in [-0.15, -0.1) is 0 Å². The van der Waals surface area contributed by atoms with E-state index in [-0.39, 0.29) is 0 Å². The zero-order chi connectivity index (χ0) is 19.6. The number of carbonyl (C=O) groups excluding carboxylic acids is 1. The van der Waals surface area contributed by atoms with Crippen molar-refractivity contribution in [1.82, 2.24) is 15.5 Å². The third-order valence-electron chi connectivity index (χ3n) is 4.61. The molecular weight excluding hydrogens is 346 g/mol. The lowest BCUT2D eigenvalue weighted by atomic mass is 9.80. The molecule has 2 aromatic rings. The van der Waals surface area contributed by atoms with E-state index in [2.05, 4.69) is 15.5 Å². The molecule has 7 nitrogen and oxygen atoms in total. The highest BCUT2D eigenvalue weighted by molar-refractivity contribution is 5.96. The number of aromatic nitrogens is 2. The van der Waals surface area contributed by atoms with Gasteiger partial charge in [-0.05, 0) is 31.5 Å². The summed E-state index contributed by atoms with van der Waals surface area (Å²) in [5, 5.41) is 7.26. The summed E-state index contributed by atoms with van der Waals surface area (Å²) in [7, 11) is 2.98. The molecule has 0 amide bonds. The SMILES string of the molecule is CCc1noc(C2=C(C)NC(C)=C(C(=O)OC)C2c2cccc(OC)c2)n1. The van der Waals surface area contributed by atoms with Gasteiger partial charge in [0.2, 0.25) is 0 Å². The van der Waals surface area contributed by atoms with Crippen molar-refractivity contribution >= 4 is 11.5 Å². The zero-order valence-corrected chi connectivity index (χ0v) is 16.1. The van der Waals surface area contributed by atoms with Crippen LogP contribution < -0.4 is 10.1 Å². The predicted octanol–water partition coefficient (Wildman–Crippen LogP) is 3.21. The van der Waals surface area contributed by atoms with Crippen molar-refractivity contribution in [2.24, 2.45) is 0 Å². The number of benzene rings is 1. The van der Waals surface area contributed by atoms with Crippen LogP contribution in [0.15, 0.2) is 45.8 Å². The van der Waals surface area contributed by atoms with Crippen LogP contribution in [0.2, 0.25) is 0 Å². The molecule has 0 aliphatic carbocycles. The fraction of sp³-hybridized carbons (Fsp3) is 0.350. The lowest BCUT2D eigenvalue weighted by Crippen LogP contribution is -2.28. The van der Waals surface area contributed by atoms with Gasteiger partial charge in [0.1, 0.15) is 5.75 Å². The van der Waals surface area contributed by atoms with Crippen molar-refractivity contribution in [3.63, 3.8) is 0 Å². The Morgan fingerprint density at radius 1 is 1.26 bits per heavy atom. The van der Waals surface area contributed by atoms with E-state index in [1.807, 2.05) is 45.0 Å². The Kier molecular flexibility index (Phi) is 5.30. The molecule has 0 spiro atoms. The highest BCUT2D eigenvalue weighted by atomic mass is 16.5. The van der Waals surface area contributed by atoms with Gasteiger partial charge in [-0.2, -0.15) is 4.98 Å². The van der Waals surface area contributed by atoms with Crippen molar-refractivity contribution in [3.8, 4) is 5.75 Å². The average molecular weight is 369 g/mol. The molecular formula is C20H23N3O4. The molecule has 7 heteroatoms. The van der Waals surface area contributed by atoms with E-state index in [1.54, 1.807) is 7.11 Å². The third-order valence-corrected chi connectivity index (χ3v) is 4.61. The summed E-state index contributed by atoms with van der Waals surface area (Å²) < 4.78 is 15.9. The van der Waals surface area contributed by atoms with E-state index in [0.717, 1.165) is 22.5 Å². The van der Waals surface area contributed by atoms with Crippen molar-refractivity contribution in [2.45, 2.75) is 33.1 Å².